The van der Waals surface area contributed by atoms with Gasteiger partial charge in [-0.25, -0.2) is 0 Å². The largest absolute Gasteiger partial charge is 0.481 e. The summed E-state index contributed by atoms with van der Waals surface area (Å²) in [5.74, 6) is -0.0376. The molecular formula is C20H27NO3. The molecule has 2 atom stereocenters. The summed E-state index contributed by atoms with van der Waals surface area (Å²) in [7, 11) is 0. The summed E-state index contributed by atoms with van der Waals surface area (Å²) in [6.07, 6.45) is 4.63. The fourth-order valence-corrected chi connectivity index (χ4v) is 4.37. The zero-order chi connectivity index (χ0) is 17.1. The molecule has 1 heterocycles. The number of carboxylic acids is 1. The maximum absolute atomic E-state index is 12.8. The van der Waals surface area contributed by atoms with Crippen LogP contribution in [-0.2, 0) is 9.59 Å². The summed E-state index contributed by atoms with van der Waals surface area (Å²) in [4.78, 5) is 25.9. The third kappa shape index (κ3) is 3.63. The lowest BCUT2D eigenvalue weighted by Gasteiger charge is -2.38. The number of amides is 1. The molecule has 0 spiro atoms. The van der Waals surface area contributed by atoms with Gasteiger partial charge in [0.25, 0.3) is 0 Å². The van der Waals surface area contributed by atoms with E-state index < -0.39 is 5.97 Å². The molecule has 0 bridgehead atoms. The van der Waals surface area contributed by atoms with E-state index in [9.17, 15) is 14.7 Å². The molecule has 1 amide bonds. The van der Waals surface area contributed by atoms with Crippen molar-refractivity contribution in [1.82, 2.24) is 4.90 Å². The fourth-order valence-electron chi connectivity index (χ4n) is 4.37. The van der Waals surface area contributed by atoms with Crippen molar-refractivity contribution in [2.24, 2.45) is 17.8 Å². The third-order valence-corrected chi connectivity index (χ3v) is 5.88. The van der Waals surface area contributed by atoms with Crippen LogP contribution in [0.25, 0.3) is 0 Å². The Bertz CT molecular complexity index is 578. The van der Waals surface area contributed by atoms with Gasteiger partial charge in [0.1, 0.15) is 0 Å². The number of benzene rings is 1. The average Bonchev–Trinajstić information content (AvgIpc) is 2.61. The predicted molar refractivity (Wildman–Crippen MR) is 92.6 cm³/mol. The summed E-state index contributed by atoms with van der Waals surface area (Å²) in [6.45, 7) is 3.14. The number of carbonyl (C=O) groups is 2. The number of hydrogen-bond donors (Lipinski definition) is 1. The monoisotopic (exact) mass is 329 g/mol. The summed E-state index contributed by atoms with van der Waals surface area (Å²) < 4.78 is 0. The fraction of sp³-hybridized carbons (Fsp3) is 0.600. The van der Waals surface area contributed by atoms with E-state index in [0.29, 0.717) is 25.4 Å². The van der Waals surface area contributed by atoms with Crippen LogP contribution >= 0.6 is 0 Å². The van der Waals surface area contributed by atoms with Gasteiger partial charge in [-0.3, -0.25) is 9.59 Å². The zero-order valence-corrected chi connectivity index (χ0v) is 14.4. The van der Waals surface area contributed by atoms with Crippen LogP contribution in [0.4, 0.5) is 0 Å². The number of piperidine rings is 1. The molecule has 1 saturated heterocycles. The van der Waals surface area contributed by atoms with Crippen LogP contribution in [0.2, 0.25) is 0 Å². The van der Waals surface area contributed by atoms with Gasteiger partial charge in [0.2, 0.25) is 5.91 Å². The van der Waals surface area contributed by atoms with Crippen molar-refractivity contribution in [3.05, 3.63) is 35.9 Å². The first-order chi connectivity index (χ1) is 11.6. The first kappa shape index (κ1) is 17.0. The standard InChI is InChI=1S/C20H27NO3/c1-14-13-21(12-11-18(14)20(23)24)19(22)17-9-7-16(8-10-17)15-5-3-2-4-6-15/h2-6,14,16-18H,7-13H2,1H3,(H,23,24). The number of carbonyl (C=O) groups excluding carboxylic acids is 1. The number of rotatable bonds is 3. The molecule has 130 valence electrons. The number of nitrogens with zero attached hydrogens (tertiary/aromatic N) is 1. The van der Waals surface area contributed by atoms with Gasteiger partial charge in [-0.05, 0) is 49.5 Å². The minimum Gasteiger partial charge on any atom is -0.481 e. The Balaban J connectivity index is 1.53. The van der Waals surface area contributed by atoms with Gasteiger partial charge in [-0.1, -0.05) is 37.3 Å². The number of hydrogen-bond acceptors (Lipinski definition) is 2. The Morgan fingerprint density at radius 3 is 2.29 bits per heavy atom. The van der Waals surface area contributed by atoms with Crippen LogP contribution in [0.3, 0.4) is 0 Å². The van der Waals surface area contributed by atoms with E-state index in [-0.39, 0.29) is 23.7 Å². The first-order valence-corrected chi connectivity index (χ1v) is 9.12. The first-order valence-electron chi connectivity index (χ1n) is 9.12. The molecule has 24 heavy (non-hydrogen) atoms. The van der Waals surface area contributed by atoms with E-state index in [2.05, 4.69) is 24.3 Å². The molecule has 1 N–H and O–H groups in total. The quantitative estimate of drug-likeness (QED) is 0.923. The topological polar surface area (TPSA) is 57.6 Å². The van der Waals surface area contributed by atoms with E-state index in [0.717, 1.165) is 25.7 Å². The Morgan fingerprint density at radius 1 is 1.04 bits per heavy atom. The molecule has 1 aromatic carbocycles. The molecule has 4 nitrogen and oxygen atoms in total. The van der Waals surface area contributed by atoms with Gasteiger partial charge in [0.05, 0.1) is 5.92 Å². The second kappa shape index (κ2) is 7.37. The van der Waals surface area contributed by atoms with Gasteiger partial charge in [-0.2, -0.15) is 0 Å². The second-order valence-corrected chi connectivity index (χ2v) is 7.45. The maximum atomic E-state index is 12.8. The van der Waals surface area contributed by atoms with Crippen molar-refractivity contribution < 1.29 is 14.7 Å². The van der Waals surface area contributed by atoms with Crippen molar-refractivity contribution in [3.8, 4) is 0 Å². The van der Waals surface area contributed by atoms with Crippen LogP contribution < -0.4 is 0 Å². The molecular weight excluding hydrogens is 302 g/mol. The molecule has 2 fully saturated rings. The lowest BCUT2D eigenvalue weighted by molar-refractivity contribution is -0.149. The van der Waals surface area contributed by atoms with E-state index in [1.54, 1.807) is 0 Å². The molecule has 2 unspecified atom stereocenters. The summed E-state index contributed by atoms with van der Waals surface area (Å²) >= 11 is 0. The zero-order valence-electron chi connectivity index (χ0n) is 14.4. The summed E-state index contributed by atoms with van der Waals surface area (Å²) in [5, 5.41) is 9.22. The average molecular weight is 329 g/mol. The van der Waals surface area contributed by atoms with Crippen molar-refractivity contribution in [2.75, 3.05) is 13.1 Å². The third-order valence-electron chi connectivity index (χ3n) is 5.88. The van der Waals surface area contributed by atoms with E-state index in [1.165, 1.54) is 5.56 Å². The van der Waals surface area contributed by atoms with Crippen molar-refractivity contribution in [3.63, 3.8) is 0 Å². The van der Waals surface area contributed by atoms with Gasteiger partial charge >= 0.3 is 5.97 Å². The predicted octanol–water partition coefficient (Wildman–Crippen LogP) is 3.53. The Labute approximate surface area is 143 Å². The van der Waals surface area contributed by atoms with Crippen molar-refractivity contribution >= 4 is 11.9 Å². The van der Waals surface area contributed by atoms with Crippen molar-refractivity contribution in [2.45, 2.75) is 44.9 Å². The lowest BCUT2D eigenvalue weighted by Crippen LogP contribution is -2.47. The number of aliphatic carboxylic acids is 1. The highest BCUT2D eigenvalue weighted by molar-refractivity contribution is 5.79. The molecule has 3 rings (SSSR count). The van der Waals surface area contributed by atoms with Gasteiger partial charge in [-0.15, -0.1) is 0 Å². The molecule has 1 aromatic rings. The Hall–Kier alpha value is -1.84. The summed E-state index contributed by atoms with van der Waals surface area (Å²) in [6, 6.07) is 10.6. The van der Waals surface area contributed by atoms with E-state index >= 15 is 0 Å². The Morgan fingerprint density at radius 2 is 1.71 bits per heavy atom. The highest BCUT2D eigenvalue weighted by Crippen LogP contribution is 2.37. The molecule has 1 aliphatic heterocycles. The van der Waals surface area contributed by atoms with E-state index in [1.807, 2.05) is 17.9 Å². The van der Waals surface area contributed by atoms with E-state index in [4.69, 9.17) is 0 Å². The number of carboxylic acid groups (broad SMARTS) is 1. The molecule has 0 radical (unpaired) electrons. The van der Waals surface area contributed by atoms with Crippen LogP contribution in [0.15, 0.2) is 30.3 Å². The smallest absolute Gasteiger partial charge is 0.306 e. The molecule has 1 aliphatic carbocycles. The lowest BCUT2D eigenvalue weighted by atomic mass is 9.77. The van der Waals surface area contributed by atoms with Crippen LogP contribution in [-0.4, -0.2) is 35.0 Å². The van der Waals surface area contributed by atoms with Crippen LogP contribution in [0, 0.1) is 17.8 Å². The normalized spacial score (nSPS) is 30.8. The van der Waals surface area contributed by atoms with Gasteiger partial charge in [0, 0.05) is 19.0 Å². The van der Waals surface area contributed by atoms with Gasteiger partial charge in [0.15, 0.2) is 0 Å². The maximum Gasteiger partial charge on any atom is 0.306 e. The summed E-state index contributed by atoms with van der Waals surface area (Å²) in [5.41, 5.74) is 1.39. The highest BCUT2D eigenvalue weighted by atomic mass is 16.4. The molecule has 2 aliphatic rings. The minimum absolute atomic E-state index is 0.0425. The SMILES string of the molecule is CC1CN(C(=O)C2CCC(c3ccccc3)CC2)CCC1C(=O)O. The highest BCUT2D eigenvalue weighted by Gasteiger charge is 2.36. The molecule has 0 aromatic heterocycles. The second-order valence-electron chi connectivity index (χ2n) is 7.45. The van der Waals surface area contributed by atoms with Gasteiger partial charge < -0.3 is 10.0 Å². The Kier molecular flexibility index (Phi) is 5.22. The molecule has 4 heteroatoms. The van der Waals surface area contributed by atoms with Crippen LogP contribution in [0.1, 0.15) is 50.5 Å². The van der Waals surface area contributed by atoms with Crippen molar-refractivity contribution in [1.29, 1.82) is 0 Å². The van der Waals surface area contributed by atoms with Crippen LogP contribution in [0.5, 0.6) is 0 Å². The molecule has 1 saturated carbocycles. The number of likely N-dealkylation sites (tertiary alicyclic amines) is 1. The minimum atomic E-state index is -0.724.